The summed E-state index contributed by atoms with van der Waals surface area (Å²) in [5.74, 6) is 0.754. The molecule has 0 radical (unpaired) electrons. The molecule has 7 atom stereocenters. The number of aliphatic hydroxyl groups is 2. The molecular weight excluding hydrogens is 684 g/mol. The van der Waals surface area contributed by atoms with E-state index in [1.54, 1.807) is 12.2 Å². The molecule has 5 aliphatic rings. The van der Waals surface area contributed by atoms with Crippen molar-refractivity contribution in [1.29, 1.82) is 0 Å². The highest BCUT2D eigenvalue weighted by molar-refractivity contribution is 6.03. The number of allylic oxidation sites excluding steroid dienone is 1. The summed E-state index contributed by atoms with van der Waals surface area (Å²) >= 11 is 0. The van der Waals surface area contributed by atoms with Gasteiger partial charge in [0.05, 0.1) is 24.8 Å². The minimum absolute atomic E-state index is 0.0769. The van der Waals surface area contributed by atoms with Gasteiger partial charge in [-0.25, -0.2) is 0 Å². The number of likely N-dealkylation sites (N-methyl/N-ethyl adjacent to an activating group) is 1. The lowest BCUT2D eigenvalue weighted by Crippen LogP contribution is -2.69. The molecule has 6 rings (SSSR count). The van der Waals surface area contributed by atoms with Crippen LogP contribution < -0.4 is 9.47 Å². The molecule has 1 aromatic rings. The van der Waals surface area contributed by atoms with Gasteiger partial charge in [-0.05, 0) is 86.5 Å². The van der Waals surface area contributed by atoms with Crippen molar-refractivity contribution >= 4 is 11.6 Å². The number of carbonyl (C=O) groups excluding carboxylic acids is 1. The van der Waals surface area contributed by atoms with Gasteiger partial charge in [-0.15, -0.1) is 6.58 Å². The number of oxime groups is 1. The van der Waals surface area contributed by atoms with Crippen molar-refractivity contribution in [3.63, 3.8) is 0 Å². The van der Waals surface area contributed by atoms with E-state index in [2.05, 4.69) is 25.3 Å². The van der Waals surface area contributed by atoms with Crippen LogP contribution in [0.5, 0.6) is 11.5 Å². The summed E-state index contributed by atoms with van der Waals surface area (Å²) in [5, 5.41) is 24.6. The predicted molar refractivity (Wildman–Crippen MR) is 209 cm³/mol. The van der Waals surface area contributed by atoms with Crippen molar-refractivity contribution in [2.24, 2.45) is 28.8 Å². The number of nitrogens with zero attached hydrogens (tertiary/aromatic N) is 2. The van der Waals surface area contributed by atoms with Crippen LogP contribution in [0.1, 0.15) is 114 Å². The van der Waals surface area contributed by atoms with E-state index in [4.69, 9.17) is 28.9 Å². The Bertz CT molecular complexity index is 1470. The SMILES string of the molecule is C=CCOc1ccc2c(c1)C1C(CCCCO)C(CCCCO)C=C3C(=NOC4CCCCO4)CC(N(C)C(=O)CCC4CCCC4)C(OCC=C)(O2)C31. The van der Waals surface area contributed by atoms with Crippen LogP contribution in [0.15, 0.2) is 60.3 Å². The molecule has 1 aromatic carbocycles. The lowest BCUT2D eigenvalue weighted by molar-refractivity contribution is -0.256. The fourth-order valence-corrected chi connectivity index (χ4v) is 9.87. The maximum atomic E-state index is 14.3. The predicted octanol–water partition coefficient (Wildman–Crippen LogP) is 7.84. The molecule has 0 spiro atoms. The highest BCUT2D eigenvalue weighted by Crippen LogP contribution is 2.62. The number of ether oxygens (including phenoxy) is 4. The molecule has 2 aliphatic heterocycles. The van der Waals surface area contributed by atoms with Gasteiger partial charge in [0.2, 0.25) is 18.0 Å². The summed E-state index contributed by atoms with van der Waals surface area (Å²) in [5.41, 5.74) is 2.86. The molecule has 2 N–H and O–H groups in total. The Morgan fingerprint density at radius 2 is 1.76 bits per heavy atom. The Hall–Kier alpha value is -3.18. The van der Waals surface area contributed by atoms with Crippen molar-refractivity contribution in [2.75, 3.05) is 40.1 Å². The molecule has 3 fully saturated rings. The van der Waals surface area contributed by atoms with E-state index in [0.717, 1.165) is 86.1 Å². The molecule has 54 heavy (non-hydrogen) atoms. The molecule has 1 saturated heterocycles. The Balaban J connectivity index is 1.50. The second kappa shape index (κ2) is 19.6. The molecule has 2 heterocycles. The average Bonchev–Trinajstić information content (AvgIpc) is 3.73. The lowest BCUT2D eigenvalue weighted by Gasteiger charge is -2.59. The maximum Gasteiger partial charge on any atom is 0.239 e. The number of unbranched alkanes of at least 4 members (excludes halogenated alkanes) is 2. The highest BCUT2D eigenvalue weighted by Gasteiger charge is 2.65. The molecule has 298 valence electrons. The van der Waals surface area contributed by atoms with Crippen molar-refractivity contribution in [2.45, 2.75) is 127 Å². The number of hydrogen-bond donors (Lipinski definition) is 2. The van der Waals surface area contributed by atoms with Gasteiger partial charge < -0.3 is 38.9 Å². The first-order valence-electron chi connectivity index (χ1n) is 20.8. The standard InChI is InChI=1S/C44H64N2O8/c1-4-25-50-33-20-21-38-36(29-33)42-34(17-9-12-24-48)32(16-8-11-23-47)28-35-37(45-54-41-18-10-13-27-51-41)30-39(44(53-38,43(35)42)52-26-5-2)46(3)40(49)22-19-31-14-6-7-15-31/h4-5,20-21,28-29,31-32,34,39,41-43,47-48H,1-2,6-19,22-27,30H2,3H3. The number of rotatable bonds is 20. The monoisotopic (exact) mass is 748 g/mol. The third-order valence-electron chi connectivity index (χ3n) is 12.5. The first-order valence-corrected chi connectivity index (χ1v) is 20.8. The number of benzene rings is 1. The topological polar surface area (TPSA) is 119 Å². The van der Waals surface area contributed by atoms with Crippen molar-refractivity contribution in [3.05, 3.63) is 60.7 Å². The molecule has 10 nitrogen and oxygen atoms in total. The number of hydrogen-bond acceptors (Lipinski definition) is 9. The van der Waals surface area contributed by atoms with Crippen LogP contribution in [0.2, 0.25) is 0 Å². The summed E-state index contributed by atoms with van der Waals surface area (Å²) in [6.45, 7) is 9.42. The van der Waals surface area contributed by atoms with Gasteiger partial charge in [0.1, 0.15) is 24.1 Å². The first kappa shape index (κ1) is 40.5. The van der Waals surface area contributed by atoms with E-state index in [1.807, 2.05) is 24.1 Å². The van der Waals surface area contributed by atoms with Crippen LogP contribution in [0, 0.1) is 23.7 Å². The second-order valence-corrected chi connectivity index (χ2v) is 16.0. The fourth-order valence-electron chi connectivity index (χ4n) is 9.87. The first-order chi connectivity index (χ1) is 26.4. The fraction of sp³-hybridized carbons (Fsp3) is 0.682. The van der Waals surface area contributed by atoms with Gasteiger partial charge in [0.15, 0.2) is 0 Å². The van der Waals surface area contributed by atoms with Gasteiger partial charge in [0, 0.05) is 51.0 Å². The maximum absolute atomic E-state index is 14.3. The van der Waals surface area contributed by atoms with E-state index in [-0.39, 0.29) is 49.4 Å². The zero-order valence-electron chi connectivity index (χ0n) is 32.5. The molecule has 0 aromatic heterocycles. The number of carbonyl (C=O) groups is 1. The van der Waals surface area contributed by atoms with Gasteiger partial charge >= 0.3 is 0 Å². The van der Waals surface area contributed by atoms with Crippen LogP contribution in [0.25, 0.3) is 0 Å². The Kier molecular flexibility index (Phi) is 14.7. The van der Waals surface area contributed by atoms with E-state index < -0.39 is 18.1 Å². The zero-order chi connectivity index (χ0) is 37.9. The summed E-state index contributed by atoms with van der Waals surface area (Å²) in [6.07, 6.45) is 19.8. The smallest absolute Gasteiger partial charge is 0.239 e. The number of fused-ring (bicyclic) bond motifs is 2. The van der Waals surface area contributed by atoms with E-state index in [1.165, 1.54) is 25.7 Å². The van der Waals surface area contributed by atoms with Gasteiger partial charge in [-0.1, -0.05) is 68.5 Å². The largest absolute Gasteiger partial charge is 0.490 e. The molecular formula is C44H64N2O8. The summed E-state index contributed by atoms with van der Waals surface area (Å²) in [4.78, 5) is 22.4. The van der Waals surface area contributed by atoms with Gasteiger partial charge in [-0.2, -0.15) is 0 Å². The van der Waals surface area contributed by atoms with Crippen LogP contribution in [0.4, 0.5) is 0 Å². The highest BCUT2D eigenvalue weighted by atomic mass is 16.8. The van der Waals surface area contributed by atoms with Crippen molar-refractivity contribution < 1.29 is 38.8 Å². The number of aliphatic hydroxyl groups excluding tert-OH is 2. The van der Waals surface area contributed by atoms with Gasteiger partial charge in [0.25, 0.3) is 0 Å². The van der Waals surface area contributed by atoms with Crippen LogP contribution in [-0.4, -0.2) is 84.9 Å². The Labute approximate surface area is 322 Å². The number of amides is 1. The molecule has 3 aliphatic carbocycles. The quantitative estimate of drug-likeness (QED) is 0.0787. The molecule has 7 unspecified atom stereocenters. The molecule has 2 saturated carbocycles. The Morgan fingerprint density at radius 1 is 1.00 bits per heavy atom. The minimum Gasteiger partial charge on any atom is -0.490 e. The molecule has 10 heteroatoms. The minimum atomic E-state index is -1.25. The van der Waals surface area contributed by atoms with Gasteiger partial charge in [-0.3, -0.25) is 4.79 Å². The Morgan fingerprint density at radius 3 is 2.48 bits per heavy atom. The average molecular weight is 749 g/mol. The van der Waals surface area contributed by atoms with Crippen LogP contribution in [0.3, 0.4) is 0 Å². The summed E-state index contributed by atoms with van der Waals surface area (Å²) in [7, 11) is 1.90. The lowest BCUT2D eigenvalue weighted by atomic mass is 9.55. The zero-order valence-corrected chi connectivity index (χ0v) is 32.5. The molecule has 0 bridgehead atoms. The van der Waals surface area contributed by atoms with E-state index >= 15 is 0 Å². The van der Waals surface area contributed by atoms with E-state index in [9.17, 15) is 15.0 Å². The third-order valence-corrected chi connectivity index (χ3v) is 12.5. The summed E-state index contributed by atoms with van der Waals surface area (Å²) in [6, 6.07) is 5.51. The van der Waals surface area contributed by atoms with E-state index in [0.29, 0.717) is 38.4 Å². The normalized spacial score (nSPS) is 29.8. The van der Waals surface area contributed by atoms with Crippen molar-refractivity contribution in [3.8, 4) is 11.5 Å². The van der Waals surface area contributed by atoms with Crippen LogP contribution >= 0.6 is 0 Å². The van der Waals surface area contributed by atoms with Crippen LogP contribution in [-0.2, 0) is 19.1 Å². The third kappa shape index (κ3) is 9.09. The summed E-state index contributed by atoms with van der Waals surface area (Å²) < 4.78 is 26.3. The molecule has 1 amide bonds. The second-order valence-electron chi connectivity index (χ2n) is 16.0. The van der Waals surface area contributed by atoms with Crippen molar-refractivity contribution in [1.82, 2.24) is 4.90 Å².